The average molecular weight is 287 g/mol. The van der Waals surface area contributed by atoms with E-state index in [0.717, 1.165) is 42.0 Å². The van der Waals surface area contributed by atoms with E-state index in [2.05, 4.69) is 5.32 Å². The van der Waals surface area contributed by atoms with Gasteiger partial charge in [0.1, 0.15) is 17.7 Å². The maximum Gasteiger partial charge on any atom is 0.123 e. The Morgan fingerprint density at radius 2 is 1.90 bits per heavy atom. The molecule has 0 bridgehead atoms. The predicted octanol–water partition coefficient (Wildman–Crippen LogP) is 2.41. The number of hydrogen-bond acceptors (Lipinski definition) is 3. The van der Waals surface area contributed by atoms with E-state index in [1.807, 2.05) is 24.3 Å². The van der Waals surface area contributed by atoms with Crippen LogP contribution in [0.25, 0.3) is 0 Å². The molecular weight excluding hydrogens is 269 g/mol. The lowest BCUT2D eigenvalue weighted by Gasteiger charge is -2.12. The number of nitrogens with one attached hydrogen (secondary N) is 1. The summed E-state index contributed by atoms with van der Waals surface area (Å²) in [6.45, 7) is 1.53. The topological polar surface area (TPSA) is 41.5 Å². The zero-order valence-corrected chi connectivity index (χ0v) is 11.7. The third kappa shape index (κ3) is 3.40. The molecule has 2 aromatic carbocycles. The number of hydrogen-bond donors (Lipinski definition) is 2. The van der Waals surface area contributed by atoms with Gasteiger partial charge in [-0.05, 0) is 29.3 Å². The second-order valence-corrected chi connectivity index (χ2v) is 5.30. The van der Waals surface area contributed by atoms with Crippen LogP contribution < -0.4 is 10.1 Å². The number of fused-ring (bicyclic) bond motifs is 1. The minimum Gasteiger partial charge on any atom is -0.488 e. The lowest BCUT2D eigenvalue weighted by atomic mass is 10.1. The smallest absolute Gasteiger partial charge is 0.123 e. The Kier molecular flexibility index (Phi) is 4.18. The van der Waals surface area contributed by atoms with E-state index < -0.39 is 0 Å². The van der Waals surface area contributed by atoms with Crippen molar-refractivity contribution in [1.29, 1.82) is 0 Å². The molecule has 3 nitrogen and oxygen atoms in total. The summed E-state index contributed by atoms with van der Waals surface area (Å²) in [4.78, 5) is 0. The Morgan fingerprint density at radius 1 is 1.14 bits per heavy atom. The van der Waals surface area contributed by atoms with Crippen molar-refractivity contribution in [3.63, 3.8) is 0 Å². The van der Waals surface area contributed by atoms with E-state index in [-0.39, 0.29) is 18.5 Å². The molecule has 0 saturated carbocycles. The van der Waals surface area contributed by atoms with Crippen LogP contribution in [0.1, 0.15) is 16.7 Å². The molecule has 0 saturated heterocycles. The third-order valence-electron chi connectivity index (χ3n) is 3.67. The summed E-state index contributed by atoms with van der Waals surface area (Å²) in [7, 11) is 0. The Balaban J connectivity index is 1.48. The molecule has 0 aromatic heterocycles. The normalized spacial score (nSPS) is 16.6. The summed E-state index contributed by atoms with van der Waals surface area (Å²) in [6.07, 6.45) is 0.794. The van der Waals surface area contributed by atoms with Gasteiger partial charge < -0.3 is 15.2 Å². The van der Waals surface area contributed by atoms with Crippen LogP contribution in [0, 0.1) is 5.82 Å². The zero-order chi connectivity index (χ0) is 14.7. The summed E-state index contributed by atoms with van der Waals surface area (Å²) >= 11 is 0. The lowest BCUT2D eigenvalue weighted by Crippen LogP contribution is -2.29. The first-order valence-corrected chi connectivity index (χ1v) is 7.09. The monoisotopic (exact) mass is 287 g/mol. The van der Waals surface area contributed by atoms with Crippen LogP contribution in [0.2, 0.25) is 0 Å². The molecule has 1 heterocycles. The van der Waals surface area contributed by atoms with Gasteiger partial charge in [0.2, 0.25) is 0 Å². The highest BCUT2D eigenvalue weighted by Crippen LogP contribution is 2.28. The van der Waals surface area contributed by atoms with Crippen molar-refractivity contribution in [3.8, 4) is 5.75 Å². The number of benzene rings is 2. The van der Waals surface area contributed by atoms with Crippen LogP contribution in [0.4, 0.5) is 4.39 Å². The maximum absolute atomic E-state index is 13.1. The quantitative estimate of drug-likeness (QED) is 0.887. The third-order valence-corrected chi connectivity index (χ3v) is 3.67. The molecule has 4 heteroatoms. The van der Waals surface area contributed by atoms with Gasteiger partial charge in [-0.3, -0.25) is 0 Å². The maximum atomic E-state index is 13.1. The molecule has 21 heavy (non-hydrogen) atoms. The van der Waals surface area contributed by atoms with E-state index in [1.165, 1.54) is 6.07 Å². The number of aliphatic hydroxyl groups is 1. The van der Waals surface area contributed by atoms with Crippen LogP contribution >= 0.6 is 0 Å². The van der Waals surface area contributed by atoms with Crippen molar-refractivity contribution >= 4 is 0 Å². The Hall–Kier alpha value is -1.91. The van der Waals surface area contributed by atoms with Gasteiger partial charge in [-0.15, -0.1) is 0 Å². The largest absolute Gasteiger partial charge is 0.488 e. The van der Waals surface area contributed by atoms with E-state index in [4.69, 9.17) is 9.84 Å². The summed E-state index contributed by atoms with van der Waals surface area (Å²) in [6, 6.07) is 12.5. The van der Waals surface area contributed by atoms with Crippen LogP contribution in [0.15, 0.2) is 42.5 Å². The van der Waals surface area contributed by atoms with Gasteiger partial charge >= 0.3 is 0 Å². The first kappa shape index (κ1) is 14.0. The fourth-order valence-corrected chi connectivity index (χ4v) is 2.54. The zero-order valence-electron chi connectivity index (χ0n) is 11.7. The fraction of sp³-hybridized carbons (Fsp3) is 0.294. The van der Waals surface area contributed by atoms with Crippen molar-refractivity contribution in [2.75, 3.05) is 6.54 Å². The van der Waals surface area contributed by atoms with Gasteiger partial charge in [-0.25, -0.2) is 4.39 Å². The minimum atomic E-state index is -0.213. The summed E-state index contributed by atoms with van der Waals surface area (Å²) in [5.74, 6) is 0.574. The summed E-state index contributed by atoms with van der Waals surface area (Å²) in [5, 5.41) is 12.3. The number of halogens is 1. The van der Waals surface area contributed by atoms with Gasteiger partial charge in [-0.2, -0.15) is 0 Å². The second kappa shape index (κ2) is 6.24. The van der Waals surface area contributed by atoms with Crippen LogP contribution in [-0.4, -0.2) is 17.8 Å². The Bertz CT molecular complexity index is 613. The van der Waals surface area contributed by atoms with Gasteiger partial charge in [0, 0.05) is 25.1 Å². The van der Waals surface area contributed by atoms with E-state index in [0.29, 0.717) is 0 Å². The van der Waals surface area contributed by atoms with Gasteiger partial charge in [0.25, 0.3) is 0 Å². The van der Waals surface area contributed by atoms with Gasteiger partial charge in [-0.1, -0.05) is 24.3 Å². The summed E-state index contributed by atoms with van der Waals surface area (Å²) in [5.41, 5.74) is 3.01. The van der Waals surface area contributed by atoms with E-state index >= 15 is 0 Å². The lowest BCUT2D eigenvalue weighted by molar-refractivity contribution is 0.227. The van der Waals surface area contributed by atoms with E-state index in [1.54, 1.807) is 12.1 Å². The average Bonchev–Trinajstić information content (AvgIpc) is 2.89. The number of aliphatic hydroxyl groups excluding tert-OH is 1. The highest BCUT2D eigenvalue weighted by molar-refractivity contribution is 5.38. The first-order chi connectivity index (χ1) is 10.2. The number of ether oxygens (including phenoxy) is 1. The molecule has 2 aromatic rings. The minimum absolute atomic E-state index is 0.0542. The summed E-state index contributed by atoms with van der Waals surface area (Å²) < 4.78 is 18.9. The van der Waals surface area contributed by atoms with Crippen molar-refractivity contribution in [1.82, 2.24) is 5.32 Å². The fourth-order valence-electron chi connectivity index (χ4n) is 2.54. The molecule has 0 fully saturated rings. The first-order valence-electron chi connectivity index (χ1n) is 7.09. The molecule has 110 valence electrons. The Labute approximate surface area is 123 Å². The molecule has 1 aliphatic rings. The van der Waals surface area contributed by atoms with Gasteiger partial charge in [0.05, 0.1) is 6.61 Å². The van der Waals surface area contributed by atoms with Crippen LogP contribution in [-0.2, 0) is 19.6 Å². The molecule has 0 spiro atoms. The predicted molar refractivity (Wildman–Crippen MR) is 78.6 cm³/mol. The number of rotatable bonds is 5. The molecule has 0 amide bonds. The molecule has 0 aliphatic carbocycles. The van der Waals surface area contributed by atoms with Gasteiger partial charge in [0.15, 0.2) is 0 Å². The molecule has 1 aliphatic heterocycles. The van der Waals surface area contributed by atoms with Crippen molar-refractivity contribution < 1.29 is 14.2 Å². The van der Waals surface area contributed by atoms with Crippen molar-refractivity contribution in [2.45, 2.75) is 25.7 Å². The van der Waals surface area contributed by atoms with Crippen molar-refractivity contribution in [3.05, 3.63) is 65.0 Å². The van der Waals surface area contributed by atoms with Crippen molar-refractivity contribution in [2.24, 2.45) is 0 Å². The standard InChI is InChI=1S/C17H18FNO2/c18-15-5-6-17-14(7-15)8-16(21-17)10-19-9-12-1-3-13(11-20)4-2-12/h1-7,16,19-20H,8-11H2. The second-order valence-electron chi connectivity index (χ2n) is 5.30. The Morgan fingerprint density at radius 3 is 2.67 bits per heavy atom. The van der Waals surface area contributed by atoms with E-state index in [9.17, 15) is 4.39 Å². The highest BCUT2D eigenvalue weighted by Gasteiger charge is 2.22. The molecule has 0 radical (unpaired) electrons. The molecule has 3 rings (SSSR count). The molecule has 1 unspecified atom stereocenters. The highest BCUT2D eigenvalue weighted by atomic mass is 19.1. The SMILES string of the molecule is OCc1ccc(CNCC2Cc3cc(F)ccc3O2)cc1. The molecular formula is C17H18FNO2. The van der Waals surface area contributed by atoms with Crippen LogP contribution in [0.5, 0.6) is 5.75 Å². The molecule has 2 N–H and O–H groups in total. The molecule has 1 atom stereocenters. The van der Waals surface area contributed by atoms with Crippen LogP contribution in [0.3, 0.4) is 0 Å².